The third kappa shape index (κ3) is 2.36. The summed E-state index contributed by atoms with van der Waals surface area (Å²) in [5, 5.41) is 0. The molecule has 5 heteroatoms. The van der Waals surface area contributed by atoms with Crippen molar-refractivity contribution in [1.29, 1.82) is 0 Å². The maximum Gasteiger partial charge on any atom is 0.160 e. The summed E-state index contributed by atoms with van der Waals surface area (Å²) in [4.78, 5) is 16.4. The van der Waals surface area contributed by atoms with Gasteiger partial charge in [-0.15, -0.1) is 34.0 Å². The predicted octanol–water partition coefficient (Wildman–Crippen LogP) is 5.78. The van der Waals surface area contributed by atoms with Crippen molar-refractivity contribution in [2.75, 3.05) is 0 Å². The van der Waals surface area contributed by atoms with Gasteiger partial charge in [0.05, 0.1) is 8.66 Å². The van der Waals surface area contributed by atoms with Gasteiger partial charge in [0.2, 0.25) is 0 Å². The number of carbonyl (C=O) groups is 1. The molecule has 0 fully saturated rings. The zero-order valence-corrected chi connectivity index (χ0v) is 13.1. The van der Waals surface area contributed by atoms with E-state index >= 15 is 0 Å². The molecule has 0 amide bonds. The van der Waals surface area contributed by atoms with Crippen molar-refractivity contribution in [3.63, 3.8) is 0 Å². The minimum atomic E-state index is 0.777. The molecule has 0 aliphatic heterocycles. The first-order valence-electron chi connectivity index (χ1n) is 5.17. The summed E-state index contributed by atoms with van der Waals surface area (Å²) in [7, 11) is 0. The van der Waals surface area contributed by atoms with E-state index in [1.165, 1.54) is 26.0 Å². The summed E-state index contributed by atoms with van der Waals surface area (Å²) >= 11 is 8.51. The van der Waals surface area contributed by atoms with Crippen LogP contribution in [0.15, 0.2) is 40.2 Å². The van der Waals surface area contributed by atoms with Crippen LogP contribution in [-0.2, 0) is 0 Å². The Morgan fingerprint density at radius 3 is 1.89 bits per heavy atom. The first-order valence-corrected chi connectivity index (χ1v) is 8.41. The number of carbonyl (C=O) groups excluding carboxylic acids is 1. The van der Waals surface area contributed by atoms with Crippen LogP contribution in [0.1, 0.15) is 9.67 Å². The highest BCUT2D eigenvalue weighted by atomic mass is 79.9. The van der Waals surface area contributed by atoms with Gasteiger partial charge in [-0.05, 0) is 52.3 Å². The van der Waals surface area contributed by atoms with Gasteiger partial charge in [-0.1, -0.05) is 0 Å². The standard InChI is InChI=1S/C13H7BrOS3/c14-13-6-5-12(18-13)11-4-3-10(17-11)9-2-1-8(7-15)16-9/h1-7H. The molecule has 0 aliphatic rings. The second kappa shape index (κ2) is 5.09. The zero-order valence-electron chi connectivity index (χ0n) is 9.05. The Hall–Kier alpha value is -0.750. The van der Waals surface area contributed by atoms with E-state index in [9.17, 15) is 4.79 Å². The van der Waals surface area contributed by atoms with E-state index in [1.54, 1.807) is 22.7 Å². The van der Waals surface area contributed by atoms with E-state index in [4.69, 9.17) is 0 Å². The molecular formula is C13H7BrOS3. The first kappa shape index (κ1) is 12.3. The third-order valence-corrected chi connectivity index (χ3v) is 6.52. The molecule has 0 saturated carbocycles. The molecule has 0 aromatic carbocycles. The van der Waals surface area contributed by atoms with E-state index in [2.05, 4.69) is 40.2 Å². The van der Waals surface area contributed by atoms with Crippen molar-refractivity contribution in [3.8, 4) is 19.5 Å². The molecule has 18 heavy (non-hydrogen) atoms. The molecule has 0 N–H and O–H groups in total. The summed E-state index contributed by atoms with van der Waals surface area (Å²) in [6.45, 7) is 0. The number of rotatable bonds is 3. The zero-order chi connectivity index (χ0) is 12.5. The molecule has 0 unspecified atom stereocenters. The van der Waals surface area contributed by atoms with Gasteiger partial charge in [-0.25, -0.2) is 0 Å². The molecule has 0 aliphatic carbocycles. The quantitative estimate of drug-likeness (QED) is 0.544. The third-order valence-electron chi connectivity index (χ3n) is 2.41. The van der Waals surface area contributed by atoms with Gasteiger partial charge >= 0.3 is 0 Å². The molecule has 0 atom stereocenters. The summed E-state index contributed by atoms with van der Waals surface area (Å²) in [5.74, 6) is 0. The van der Waals surface area contributed by atoms with Gasteiger partial charge in [-0.3, -0.25) is 4.79 Å². The highest BCUT2D eigenvalue weighted by molar-refractivity contribution is 9.11. The van der Waals surface area contributed by atoms with Crippen LogP contribution in [-0.4, -0.2) is 6.29 Å². The lowest BCUT2D eigenvalue weighted by Gasteiger charge is -1.90. The number of halogens is 1. The van der Waals surface area contributed by atoms with Crippen molar-refractivity contribution < 1.29 is 4.79 Å². The normalized spacial score (nSPS) is 10.7. The Kier molecular flexibility index (Phi) is 3.48. The van der Waals surface area contributed by atoms with Crippen LogP contribution >= 0.6 is 49.9 Å². The van der Waals surface area contributed by atoms with Crippen LogP contribution in [0.25, 0.3) is 19.5 Å². The molecule has 90 valence electrons. The second-order valence-corrected chi connectivity index (χ2v) is 8.25. The Labute approximate surface area is 125 Å². The molecule has 0 spiro atoms. The smallest absolute Gasteiger partial charge is 0.160 e. The van der Waals surface area contributed by atoms with Crippen molar-refractivity contribution in [1.82, 2.24) is 0 Å². The minimum Gasteiger partial charge on any atom is -0.297 e. The SMILES string of the molecule is O=Cc1ccc(-c2ccc(-c3ccc(Br)s3)s2)s1. The molecule has 1 nitrogen and oxygen atoms in total. The fourth-order valence-electron chi connectivity index (χ4n) is 1.60. The lowest BCUT2D eigenvalue weighted by Crippen LogP contribution is -1.62. The van der Waals surface area contributed by atoms with E-state index in [0.717, 1.165) is 19.8 Å². The lowest BCUT2D eigenvalue weighted by molar-refractivity contribution is 0.112. The molecule has 0 saturated heterocycles. The Morgan fingerprint density at radius 2 is 1.33 bits per heavy atom. The molecule has 0 radical (unpaired) electrons. The fourth-order valence-corrected chi connectivity index (χ4v) is 4.99. The fraction of sp³-hybridized carbons (Fsp3) is 0. The average Bonchev–Trinajstić information content (AvgIpc) is 3.07. The van der Waals surface area contributed by atoms with Gasteiger partial charge in [0.1, 0.15) is 0 Å². The summed E-state index contributed by atoms with van der Waals surface area (Å²) in [5.41, 5.74) is 0. The molecule has 3 rings (SSSR count). The lowest BCUT2D eigenvalue weighted by atomic mass is 10.3. The van der Waals surface area contributed by atoms with Gasteiger partial charge in [0.25, 0.3) is 0 Å². The van der Waals surface area contributed by atoms with Crippen LogP contribution in [0.2, 0.25) is 0 Å². The maximum atomic E-state index is 10.7. The van der Waals surface area contributed by atoms with E-state index in [0.29, 0.717) is 0 Å². The number of hydrogen-bond acceptors (Lipinski definition) is 4. The molecule has 3 heterocycles. The number of aldehydes is 1. The van der Waals surface area contributed by atoms with E-state index < -0.39 is 0 Å². The van der Waals surface area contributed by atoms with Crippen molar-refractivity contribution in [2.24, 2.45) is 0 Å². The molecular weight excluding hydrogens is 348 g/mol. The van der Waals surface area contributed by atoms with Crippen LogP contribution < -0.4 is 0 Å². The van der Waals surface area contributed by atoms with Gasteiger partial charge in [0.15, 0.2) is 6.29 Å². The van der Waals surface area contributed by atoms with E-state index in [-0.39, 0.29) is 0 Å². The maximum absolute atomic E-state index is 10.7. The summed E-state index contributed by atoms with van der Waals surface area (Å²) < 4.78 is 1.15. The topological polar surface area (TPSA) is 17.1 Å². The monoisotopic (exact) mass is 354 g/mol. The van der Waals surface area contributed by atoms with Crippen LogP contribution in [0.4, 0.5) is 0 Å². The Balaban J connectivity index is 1.96. The molecule has 0 bridgehead atoms. The summed E-state index contributed by atoms with van der Waals surface area (Å²) in [6, 6.07) is 12.3. The van der Waals surface area contributed by atoms with Crippen molar-refractivity contribution in [2.45, 2.75) is 0 Å². The van der Waals surface area contributed by atoms with E-state index in [1.807, 2.05) is 12.1 Å². The molecule has 3 aromatic rings. The van der Waals surface area contributed by atoms with Crippen LogP contribution in [0.3, 0.4) is 0 Å². The Morgan fingerprint density at radius 1 is 0.778 bits per heavy atom. The van der Waals surface area contributed by atoms with Crippen LogP contribution in [0, 0.1) is 0 Å². The van der Waals surface area contributed by atoms with Gasteiger partial charge in [0, 0.05) is 19.5 Å². The first-order chi connectivity index (χ1) is 8.76. The highest BCUT2D eigenvalue weighted by Gasteiger charge is 2.08. The number of thiophene rings is 3. The van der Waals surface area contributed by atoms with Crippen molar-refractivity contribution >= 4 is 56.2 Å². The summed E-state index contributed by atoms with van der Waals surface area (Å²) in [6.07, 6.45) is 0.902. The highest BCUT2D eigenvalue weighted by Crippen LogP contribution is 2.40. The van der Waals surface area contributed by atoms with Crippen LogP contribution in [0.5, 0.6) is 0 Å². The minimum absolute atomic E-state index is 0.777. The Bertz CT molecular complexity index is 692. The van der Waals surface area contributed by atoms with Crippen molar-refractivity contribution in [3.05, 3.63) is 45.1 Å². The number of hydrogen-bond donors (Lipinski definition) is 0. The predicted molar refractivity (Wildman–Crippen MR) is 84.0 cm³/mol. The largest absolute Gasteiger partial charge is 0.297 e. The second-order valence-electron chi connectivity index (χ2n) is 3.59. The van der Waals surface area contributed by atoms with Gasteiger partial charge < -0.3 is 0 Å². The van der Waals surface area contributed by atoms with Gasteiger partial charge in [-0.2, -0.15) is 0 Å². The average molecular weight is 355 g/mol. The molecule has 3 aromatic heterocycles.